The fourth-order valence-corrected chi connectivity index (χ4v) is 5.99. The van der Waals surface area contributed by atoms with E-state index in [0.29, 0.717) is 42.3 Å². The lowest BCUT2D eigenvalue weighted by Crippen LogP contribution is -2.43. The highest BCUT2D eigenvalue weighted by atomic mass is 19.1. The number of halogens is 2. The van der Waals surface area contributed by atoms with E-state index in [-0.39, 0.29) is 0 Å². The van der Waals surface area contributed by atoms with Gasteiger partial charge in [-0.15, -0.1) is 0 Å². The van der Waals surface area contributed by atoms with Gasteiger partial charge in [0, 0.05) is 50.5 Å². The number of hydrogen-bond donors (Lipinski definition) is 0. The molecule has 4 heterocycles. The number of hydrogen-bond acceptors (Lipinski definition) is 6. The summed E-state index contributed by atoms with van der Waals surface area (Å²) in [6, 6.07) is 5.58. The second kappa shape index (κ2) is 8.69. The number of benzene rings is 1. The van der Waals surface area contributed by atoms with Crippen LogP contribution in [0.3, 0.4) is 0 Å². The third-order valence-corrected chi connectivity index (χ3v) is 7.53. The molecule has 2 aliphatic heterocycles. The summed E-state index contributed by atoms with van der Waals surface area (Å²) in [5.41, 5.74) is 1.42. The van der Waals surface area contributed by atoms with Crippen molar-refractivity contribution in [2.45, 2.75) is 45.3 Å². The van der Waals surface area contributed by atoms with E-state index in [9.17, 15) is 8.78 Å². The predicted octanol–water partition coefficient (Wildman–Crippen LogP) is 3.87. The Hall–Kier alpha value is -2.94. The van der Waals surface area contributed by atoms with E-state index in [2.05, 4.69) is 20.9 Å². The summed E-state index contributed by atoms with van der Waals surface area (Å²) in [7, 11) is 0. The molecule has 2 bridgehead atoms. The standard InChI is InChI=1S/C25H28F2N6O/c1-15-7-23(29-14-28-15)32-12-16-3-4-17(13-32)21(16)11-22-30-25-24(34-6-2-5-33(25)31-22)18-8-19(26)10-20(27)9-18/h7-10,14,16-17,21,24H,2-6,11-13H2,1H3/t16-,17+,21?,24-/m1/s1. The van der Waals surface area contributed by atoms with Crippen molar-refractivity contribution in [3.8, 4) is 0 Å². The van der Waals surface area contributed by atoms with E-state index in [1.165, 1.54) is 25.0 Å². The number of ether oxygens (including phenoxy) is 1. The fourth-order valence-electron chi connectivity index (χ4n) is 5.99. The zero-order chi connectivity index (χ0) is 23.2. The lowest BCUT2D eigenvalue weighted by atomic mass is 9.82. The van der Waals surface area contributed by atoms with Gasteiger partial charge >= 0.3 is 0 Å². The van der Waals surface area contributed by atoms with Crippen LogP contribution in [0.1, 0.15) is 48.3 Å². The molecule has 6 rings (SSSR count). The smallest absolute Gasteiger partial charge is 0.161 e. The van der Waals surface area contributed by atoms with Crippen molar-refractivity contribution in [3.63, 3.8) is 0 Å². The number of piperidine rings is 1. The first kappa shape index (κ1) is 21.6. The van der Waals surface area contributed by atoms with Crippen LogP contribution in [0.25, 0.3) is 0 Å². The monoisotopic (exact) mass is 466 g/mol. The van der Waals surface area contributed by atoms with Crippen molar-refractivity contribution in [2.24, 2.45) is 17.8 Å². The van der Waals surface area contributed by atoms with Crippen molar-refractivity contribution in [1.82, 2.24) is 24.7 Å². The molecule has 3 aliphatic rings. The van der Waals surface area contributed by atoms with Crippen LogP contribution < -0.4 is 4.90 Å². The third kappa shape index (κ3) is 4.06. The molecule has 2 aromatic heterocycles. The number of anilines is 1. The summed E-state index contributed by atoms with van der Waals surface area (Å²) in [6.45, 7) is 5.15. The molecule has 0 amide bonds. The van der Waals surface area contributed by atoms with Crippen LogP contribution in [-0.4, -0.2) is 44.4 Å². The van der Waals surface area contributed by atoms with Crippen LogP contribution in [-0.2, 0) is 17.7 Å². The van der Waals surface area contributed by atoms with Crippen molar-refractivity contribution >= 4 is 5.82 Å². The summed E-state index contributed by atoms with van der Waals surface area (Å²) in [6.07, 6.45) is 5.04. The summed E-state index contributed by atoms with van der Waals surface area (Å²) >= 11 is 0. The maximum absolute atomic E-state index is 13.9. The maximum Gasteiger partial charge on any atom is 0.161 e. The van der Waals surface area contributed by atoms with E-state index in [1.807, 2.05) is 11.6 Å². The zero-order valence-electron chi connectivity index (χ0n) is 19.2. The molecule has 7 nitrogen and oxygen atoms in total. The first-order valence-corrected chi connectivity index (χ1v) is 12.1. The molecular formula is C25H28F2N6O. The predicted molar refractivity (Wildman–Crippen MR) is 121 cm³/mol. The summed E-state index contributed by atoms with van der Waals surface area (Å²) in [4.78, 5) is 16.0. The van der Waals surface area contributed by atoms with Crippen molar-refractivity contribution in [3.05, 3.63) is 65.1 Å². The minimum Gasteiger partial charge on any atom is -0.365 e. The number of aryl methyl sites for hydroxylation is 2. The number of fused-ring (bicyclic) bond motifs is 3. The minimum atomic E-state index is -0.617. The number of rotatable bonds is 4. The molecule has 1 aromatic carbocycles. The minimum absolute atomic E-state index is 0.438. The highest BCUT2D eigenvalue weighted by Crippen LogP contribution is 2.44. The highest BCUT2D eigenvalue weighted by molar-refractivity contribution is 5.40. The molecule has 0 spiro atoms. The maximum atomic E-state index is 13.9. The molecule has 2 fully saturated rings. The molecule has 4 atom stereocenters. The van der Waals surface area contributed by atoms with Crippen LogP contribution in [0, 0.1) is 36.3 Å². The van der Waals surface area contributed by atoms with Gasteiger partial charge in [0.1, 0.15) is 29.9 Å². The van der Waals surface area contributed by atoms with E-state index in [1.54, 1.807) is 6.33 Å². The zero-order valence-corrected chi connectivity index (χ0v) is 19.2. The first-order chi connectivity index (χ1) is 16.5. The fraction of sp³-hybridized carbons (Fsp3) is 0.520. The molecule has 3 aromatic rings. The Labute approximate surface area is 197 Å². The van der Waals surface area contributed by atoms with Gasteiger partial charge in [-0.3, -0.25) is 0 Å². The molecule has 1 saturated carbocycles. The number of nitrogens with zero attached hydrogens (tertiary/aromatic N) is 6. The van der Waals surface area contributed by atoms with E-state index < -0.39 is 17.7 Å². The van der Waals surface area contributed by atoms with Crippen LogP contribution >= 0.6 is 0 Å². The van der Waals surface area contributed by atoms with Gasteiger partial charge in [-0.1, -0.05) is 0 Å². The second-order valence-electron chi connectivity index (χ2n) is 9.80. The van der Waals surface area contributed by atoms with Crippen LogP contribution in [0.15, 0.2) is 30.6 Å². The van der Waals surface area contributed by atoms with Gasteiger partial charge in [0.05, 0.1) is 0 Å². The Morgan fingerprint density at radius 1 is 1.03 bits per heavy atom. The Morgan fingerprint density at radius 2 is 1.79 bits per heavy atom. The van der Waals surface area contributed by atoms with Crippen molar-refractivity contribution in [2.75, 3.05) is 24.6 Å². The van der Waals surface area contributed by atoms with Crippen molar-refractivity contribution in [1.29, 1.82) is 0 Å². The lowest BCUT2D eigenvalue weighted by molar-refractivity contribution is 0.0806. The SMILES string of the molecule is Cc1cc(N2C[C@H]3CC[C@@H](C2)C3Cc2nc3n(n2)CCCO[C@@H]3c2cc(F)cc(F)c2)ncn1. The Bertz CT molecular complexity index is 1170. The Balaban J connectivity index is 1.22. The third-order valence-electron chi connectivity index (χ3n) is 7.53. The van der Waals surface area contributed by atoms with Gasteiger partial charge in [0.15, 0.2) is 11.6 Å². The van der Waals surface area contributed by atoms with Crippen LogP contribution in [0.2, 0.25) is 0 Å². The van der Waals surface area contributed by atoms with Gasteiger partial charge < -0.3 is 9.64 Å². The summed E-state index contributed by atoms with van der Waals surface area (Å²) in [5, 5.41) is 4.81. The molecule has 9 heteroatoms. The number of aromatic nitrogens is 5. The van der Waals surface area contributed by atoms with Crippen LogP contribution in [0.4, 0.5) is 14.6 Å². The second-order valence-corrected chi connectivity index (χ2v) is 9.80. The van der Waals surface area contributed by atoms with E-state index in [4.69, 9.17) is 14.8 Å². The van der Waals surface area contributed by atoms with E-state index >= 15 is 0 Å². The topological polar surface area (TPSA) is 69.0 Å². The largest absolute Gasteiger partial charge is 0.365 e. The average molecular weight is 467 g/mol. The summed E-state index contributed by atoms with van der Waals surface area (Å²) in [5.74, 6) is 2.89. The van der Waals surface area contributed by atoms with Gasteiger partial charge in [-0.2, -0.15) is 5.10 Å². The van der Waals surface area contributed by atoms with Gasteiger partial charge in [-0.05, 0) is 61.6 Å². The lowest BCUT2D eigenvalue weighted by Gasteiger charge is -2.38. The molecule has 178 valence electrons. The quantitative estimate of drug-likeness (QED) is 0.582. The molecule has 1 aliphatic carbocycles. The van der Waals surface area contributed by atoms with Crippen LogP contribution in [0.5, 0.6) is 0 Å². The molecule has 0 N–H and O–H groups in total. The normalized spacial score (nSPS) is 26.4. The average Bonchev–Trinajstić information content (AvgIpc) is 3.20. The van der Waals surface area contributed by atoms with Gasteiger partial charge in [0.25, 0.3) is 0 Å². The van der Waals surface area contributed by atoms with Crippen molar-refractivity contribution < 1.29 is 13.5 Å². The highest BCUT2D eigenvalue weighted by Gasteiger charge is 2.43. The molecule has 1 saturated heterocycles. The first-order valence-electron chi connectivity index (χ1n) is 12.1. The Kier molecular flexibility index (Phi) is 5.51. The molecular weight excluding hydrogens is 438 g/mol. The molecule has 34 heavy (non-hydrogen) atoms. The molecule has 0 radical (unpaired) electrons. The molecule has 1 unspecified atom stereocenters. The van der Waals surface area contributed by atoms with Gasteiger partial charge in [-0.25, -0.2) is 28.4 Å². The van der Waals surface area contributed by atoms with Gasteiger partial charge in [0.2, 0.25) is 0 Å². The Morgan fingerprint density at radius 3 is 2.53 bits per heavy atom. The van der Waals surface area contributed by atoms with E-state index in [0.717, 1.165) is 49.3 Å². The summed E-state index contributed by atoms with van der Waals surface area (Å²) < 4.78 is 35.6.